The van der Waals surface area contributed by atoms with E-state index in [1.165, 1.54) is 18.4 Å². The summed E-state index contributed by atoms with van der Waals surface area (Å²) in [5, 5.41) is 2.68. The van der Waals surface area contributed by atoms with Crippen LogP contribution in [0.3, 0.4) is 0 Å². The summed E-state index contributed by atoms with van der Waals surface area (Å²) in [4.78, 5) is 26.5. The van der Waals surface area contributed by atoms with Gasteiger partial charge in [-0.3, -0.25) is 4.79 Å². The van der Waals surface area contributed by atoms with Crippen molar-refractivity contribution >= 4 is 17.2 Å². The second-order valence-corrected chi connectivity index (χ2v) is 5.96. The van der Waals surface area contributed by atoms with Crippen LogP contribution in [-0.4, -0.2) is 52.1 Å². The van der Waals surface area contributed by atoms with E-state index < -0.39 is 0 Å². The van der Waals surface area contributed by atoms with Crippen LogP contribution in [0.2, 0.25) is 0 Å². The maximum atomic E-state index is 12.3. The molecule has 1 saturated heterocycles. The van der Waals surface area contributed by atoms with Gasteiger partial charge in [0.05, 0.1) is 18.7 Å². The number of thiazole rings is 1. The molecule has 1 fully saturated rings. The monoisotopic (exact) mass is 320 g/mol. The van der Waals surface area contributed by atoms with Gasteiger partial charge in [-0.25, -0.2) is 15.0 Å². The van der Waals surface area contributed by atoms with E-state index in [-0.39, 0.29) is 12.0 Å². The number of aromatic nitrogens is 3. The van der Waals surface area contributed by atoms with Crippen LogP contribution in [0.25, 0.3) is 0 Å². The normalized spacial score (nSPS) is 17.5. The highest BCUT2D eigenvalue weighted by Crippen LogP contribution is 2.24. The second-order valence-electron chi connectivity index (χ2n) is 4.90. The van der Waals surface area contributed by atoms with Crippen molar-refractivity contribution in [2.75, 3.05) is 20.2 Å². The molecule has 0 aliphatic carbocycles. The summed E-state index contributed by atoms with van der Waals surface area (Å²) in [6, 6.07) is 0. The molecule has 0 N–H and O–H groups in total. The minimum atomic E-state index is -0.116. The number of rotatable bonds is 4. The third kappa shape index (κ3) is 3.01. The number of hydrogen-bond donors (Lipinski definition) is 0. The molecule has 1 atom stereocenters. The molecule has 0 aromatic carbocycles. The number of aryl methyl sites for hydroxylation is 1. The lowest BCUT2D eigenvalue weighted by Crippen LogP contribution is -2.31. The molecule has 8 heteroatoms. The molecular weight excluding hydrogens is 304 g/mol. The Bertz CT molecular complexity index is 676. The summed E-state index contributed by atoms with van der Waals surface area (Å²) >= 11 is 1.48. The van der Waals surface area contributed by atoms with Gasteiger partial charge in [-0.05, 0) is 6.92 Å². The summed E-state index contributed by atoms with van der Waals surface area (Å²) in [6.07, 6.45) is 3.72. The zero-order chi connectivity index (χ0) is 15.5. The van der Waals surface area contributed by atoms with Gasteiger partial charge in [0, 0.05) is 30.7 Å². The first-order valence-corrected chi connectivity index (χ1v) is 7.78. The fourth-order valence-electron chi connectivity index (χ4n) is 2.32. The quantitative estimate of drug-likeness (QED) is 0.850. The largest absolute Gasteiger partial charge is 0.477 e. The van der Waals surface area contributed by atoms with Crippen molar-refractivity contribution < 1.29 is 14.3 Å². The molecule has 2 aromatic heterocycles. The maximum Gasteiger partial charge on any atom is 0.278 e. The number of carbonyl (C=O) groups is 1. The van der Waals surface area contributed by atoms with Gasteiger partial charge in [0.2, 0.25) is 0 Å². The molecule has 0 spiro atoms. The third-order valence-electron chi connectivity index (χ3n) is 3.38. The Morgan fingerprint density at radius 1 is 1.36 bits per heavy atom. The molecule has 0 radical (unpaired) electrons. The van der Waals surface area contributed by atoms with Gasteiger partial charge >= 0.3 is 0 Å². The fraction of sp³-hybridized carbons (Fsp3) is 0.429. The predicted molar refractivity (Wildman–Crippen MR) is 80.4 cm³/mol. The standard InChI is InChI=1S/C14H16N4O3S/c1-9-17-11(8-22-9)14(19)18-6-3-10(7-18)21-13-12(20-2)15-4-5-16-13/h4-5,8,10H,3,6-7H2,1-2H3. The van der Waals surface area contributed by atoms with E-state index in [2.05, 4.69) is 15.0 Å². The molecule has 1 aliphatic heterocycles. The Kier molecular flexibility index (Phi) is 4.19. The first kappa shape index (κ1) is 14.7. The average Bonchev–Trinajstić information content (AvgIpc) is 3.16. The Labute approximate surface area is 131 Å². The topological polar surface area (TPSA) is 77.4 Å². The number of hydrogen-bond acceptors (Lipinski definition) is 7. The molecule has 2 aromatic rings. The number of nitrogens with zero attached hydrogens (tertiary/aromatic N) is 4. The molecule has 1 amide bonds. The first-order chi connectivity index (χ1) is 10.7. The average molecular weight is 320 g/mol. The third-order valence-corrected chi connectivity index (χ3v) is 4.15. The Balaban J connectivity index is 1.64. The van der Waals surface area contributed by atoms with Crippen LogP contribution >= 0.6 is 11.3 Å². The van der Waals surface area contributed by atoms with Gasteiger partial charge in [-0.1, -0.05) is 0 Å². The molecule has 22 heavy (non-hydrogen) atoms. The molecule has 7 nitrogen and oxygen atoms in total. The van der Waals surface area contributed by atoms with Gasteiger partial charge in [0.1, 0.15) is 11.8 Å². The summed E-state index contributed by atoms with van der Waals surface area (Å²) in [7, 11) is 1.52. The van der Waals surface area contributed by atoms with Crippen LogP contribution in [0.15, 0.2) is 17.8 Å². The molecular formula is C14H16N4O3S. The second kappa shape index (κ2) is 6.27. The van der Waals surface area contributed by atoms with E-state index in [0.29, 0.717) is 30.5 Å². The highest BCUT2D eigenvalue weighted by Gasteiger charge is 2.30. The van der Waals surface area contributed by atoms with E-state index in [4.69, 9.17) is 9.47 Å². The number of likely N-dealkylation sites (tertiary alicyclic amines) is 1. The smallest absolute Gasteiger partial charge is 0.278 e. The van der Waals surface area contributed by atoms with E-state index in [1.807, 2.05) is 6.92 Å². The van der Waals surface area contributed by atoms with Crippen LogP contribution in [0.1, 0.15) is 21.9 Å². The number of methoxy groups -OCH3 is 1. The fourth-order valence-corrected chi connectivity index (χ4v) is 2.91. The summed E-state index contributed by atoms with van der Waals surface area (Å²) in [5.74, 6) is 0.651. The molecule has 116 valence electrons. The number of ether oxygens (including phenoxy) is 2. The van der Waals surface area contributed by atoms with Gasteiger partial charge in [-0.2, -0.15) is 0 Å². The minimum absolute atomic E-state index is 0.0541. The van der Waals surface area contributed by atoms with Gasteiger partial charge in [-0.15, -0.1) is 11.3 Å². The Morgan fingerprint density at radius 2 is 2.14 bits per heavy atom. The van der Waals surface area contributed by atoms with Gasteiger partial charge in [0.25, 0.3) is 17.7 Å². The number of carbonyl (C=O) groups excluding carboxylic acids is 1. The van der Waals surface area contributed by atoms with Crippen molar-refractivity contribution in [2.24, 2.45) is 0 Å². The lowest BCUT2D eigenvalue weighted by Gasteiger charge is -2.16. The Hall–Kier alpha value is -2.22. The van der Waals surface area contributed by atoms with Crippen LogP contribution in [0.4, 0.5) is 0 Å². The van der Waals surface area contributed by atoms with Crippen molar-refractivity contribution in [2.45, 2.75) is 19.4 Å². The van der Waals surface area contributed by atoms with Crippen molar-refractivity contribution in [1.82, 2.24) is 19.9 Å². The van der Waals surface area contributed by atoms with E-state index in [9.17, 15) is 4.79 Å². The zero-order valence-corrected chi connectivity index (χ0v) is 13.2. The van der Waals surface area contributed by atoms with Crippen molar-refractivity contribution in [3.05, 3.63) is 28.5 Å². The van der Waals surface area contributed by atoms with E-state index >= 15 is 0 Å². The lowest BCUT2D eigenvalue weighted by molar-refractivity contribution is 0.0765. The van der Waals surface area contributed by atoms with E-state index in [0.717, 1.165) is 11.4 Å². The summed E-state index contributed by atoms with van der Waals surface area (Å²) < 4.78 is 10.9. The van der Waals surface area contributed by atoms with Crippen LogP contribution < -0.4 is 9.47 Å². The highest BCUT2D eigenvalue weighted by molar-refractivity contribution is 7.09. The van der Waals surface area contributed by atoms with E-state index in [1.54, 1.807) is 22.7 Å². The lowest BCUT2D eigenvalue weighted by atomic mass is 10.3. The van der Waals surface area contributed by atoms with Crippen LogP contribution in [-0.2, 0) is 0 Å². The van der Waals surface area contributed by atoms with Gasteiger partial charge < -0.3 is 14.4 Å². The summed E-state index contributed by atoms with van der Waals surface area (Å²) in [5.41, 5.74) is 0.500. The molecule has 3 rings (SSSR count). The molecule has 0 bridgehead atoms. The highest BCUT2D eigenvalue weighted by atomic mass is 32.1. The predicted octanol–water partition coefficient (Wildman–Crippen LogP) is 1.54. The SMILES string of the molecule is COc1nccnc1OC1CCN(C(=O)c2csc(C)n2)C1. The molecule has 0 saturated carbocycles. The van der Waals surface area contributed by atoms with Crippen molar-refractivity contribution in [3.8, 4) is 11.8 Å². The maximum absolute atomic E-state index is 12.3. The Morgan fingerprint density at radius 3 is 2.82 bits per heavy atom. The summed E-state index contributed by atoms with van der Waals surface area (Å²) in [6.45, 7) is 3.04. The minimum Gasteiger partial charge on any atom is -0.477 e. The van der Waals surface area contributed by atoms with Gasteiger partial charge in [0.15, 0.2) is 0 Å². The molecule has 3 heterocycles. The molecule has 1 unspecified atom stereocenters. The van der Waals surface area contributed by atoms with Crippen molar-refractivity contribution in [1.29, 1.82) is 0 Å². The van der Waals surface area contributed by atoms with Crippen LogP contribution in [0.5, 0.6) is 11.8 Å². The van der Waals surface area contributed by atoms with Crippen LogP contribution in [0, 0.1) is 6.92 Å². The first-order valence-electron chi connectivity index (χ1n) is 6.90. The number of amides is 1. The van der Waals surface area contributed by atoms with Crippen molar-refractivity contribution in [3.63, 3.8) is 0 Å². The zero-order valence-electron chi connectivity index (χ0n) is 12.4. The molecule has 1 aliphatic rings.